The minimum atomic E-state index is 0.230. The van der Waals surface area contributed by atoms with E-state index in [0.717, 1.165) is 25.2 Å². The summed E-state index contributed by atoms with van der Waals surface area (Å²) in [7, 11) is 0. The molecule has 1 rings (SSSR count). The van der Waals surface area contributed by atoms with Crippen molar-refractivity contribution in [3.05, 3.63) is 24.0 Å². The number of ether oxygens (including phenoxy) is 1. The van der Waals surface area contributed by atoms with Crippen LogP contribution < -0.4 is 0 Å². The van der Waals surface area contributed by atoms with Crippen molar-refractivity contribution < 1.29 is 4.74 Å². The molecule has 0 saturated carbocycles. The largest absolute Gasteiger partial charge is 0.498 e. The van der Waals surface area contributed by atoms with Crippen LogP contribution in [0, 0.1) is 5.41 Å². The molecule has 0 amide bonds. The van der Waals surface area contributed by atoms with Crippen LogP contribution >= 0.6 is 0 Å². The highest BCUT2D eigenvalue weighted by Gasteiger charge is 2.23. The molecule has 0 aromatic rings. The Kier molecular flexibility index (Phi) is 5.11. The Morgan fingerprint density at radius 2 is 2.06 bits per heavy atom. The highest BCUT2D eigenvalue weighted by atomic mass is 16.5. The van der Waals surface area contributed by atoms with E-state index in [1.54, 1.807) is 0 Å². The Morgan fingerprint density at radius 3 is 2.69 bits per heavy atom. The summed E-state index contributed by atoms with van der Waals surface area (Å²) in [6, 6.07) is 0. The molecule has 0 aromatic heterocycles. The van der Waals surface area contributed by atoms with Crippen molar-refractivity contribution in [2.24, 2.45) is 5.41 Å². The molecule has 1 nitrogen and oxygen atoms in total. The molecule has 92 valence electrons. The van der Waals surface area contributed by atoms with E-state index in [9.17, 15) is 0 Å². The molecule has 1 heteroatoms. The van der Waals surface area contributed by atoms with Gasteiger partial charge in [-0.3, -0.25) is 0 Å². The number of hydrogen-bond acceptors (Lipinski definition) is 1. The normalized spacial score (nSPS) is 19.4. The maximum atomic E-state index is 5.84. The average Bonchev–Trinajstić information content (AvgIpc) is 2.14. The van der Waals surface area contributed by atoms with Gasteiger partial charge < -0.3 is 4.74 Å². The first-order valence-corrected chi connectivity index (χ1v) is 6.55. The fraction of sp³-hybridized carbons (Fsp3) is 0.733. The standard InChI is InChI=1S/C15H26O/c1-5-6-7-8-9-16-14-10-13(2)11-15(3,4)12-14/h12H,2,5-11H2,1,3-4H3. The van der Waals surface area contributed by atoms with Gasteiger partial charge in [0.05, 0.1) is 12.4 Å². The van der Waals surface area contributed by atoms with E-state index in [-0.39, 0.29) is 5.41 Å². The summed E-state index contributed by atoms with van der Waals surface area (Å²) in [5, 5.41) is 0. The van der Waals surface area contributed by atoms with Gasteiger partial charge >= 0.3 is 0 Å². The Labute approximate surface area is 101 Å². The summed E-state index contributed by atoms with van der Waals surface area (Å²) in [4.78, 5) is 0. The first kappa shape index (κ1) is 13.3. The topological polar surface area (TPSA) is 9.23 Å². The second-order valence-corrected chi connectivity index (χ2v) is 5.61. The lowest BCUT2D eigenvalue weighted by atomic mass is 9.80. The van der Waals surface area contributed by atoms with Gasteiger partial charge in [0.15, 0.2) is 0 Å². The summed E-state index contributed by atoms with van der Waals surface area (Å²) >= 11 is 0. The van der Waals surface area contributed by atoms with Gasteiger partial charge in [0.2, 0.25) is 0 Å². The minimum Gasteiger partial charge on any atom is -0.498 e. The SMILES string of the molecule is C=C1CC(OCCCCCC)=CC(C)(C)C1. The van der Waals surface area contributed by atoms with E-state index < -0.39 is 0 Å². The third kappa shape index (κ3) is 4.87. The fourth-order valence-electron chi connectivity index (χ4n) is 2.32. The lowest BCUT2D eigenvalue weighted by Crippen LogP contribution is -2.16. The summed E-state index contributed by atoms with van der Waals surface area (Å²) in [5.41, 5.74) is 1.53. The number of allylic oxidation sites excluding steroid dienone is 2. The van der Waals surface area contributed by atoms with Gasteiger partial charge in [0, 0.05) is 6.42 Å². The summed E-state index contributed by atoms with van der Waals surface area (Å²) in [6.07, 6.45) is 9.38. The van der Waals surface area contributed by atoms with Crippen molar-refractivity contribution in [3.63, 3.8) is 0 Å². The lowest BCUT2D eigenvalue weighted by molar-refractivity contribution is 0.187. The van der Waals surface area contributed by atoms with Crippen LogP contribution in [0.3, 0.4) is 0 Å². The highest BCUT2D eigenvalue weighted by molar-refractivity contribution is 5.19. The van der Waals surface area contributed by atoms with Crippen molar-refractivity contribution >= 4 is 0 Å². The van der Waals surface area contributed by atoms with Gasteiger partial charge in [0.1, 0.15) is 0 Å². The molecule has 0 bridgehead atoms. The van der Waals surface area contributed by atoms with Crippen LogP contribution in [0.4, 0.5) is 0 Å². The van der Waals surface area contributed by atoms with E-state index in [4.69, 9.17) is 4.74 Å². The average molecular weight is 222 g/mol. The minimum absolute atomic E-state index is 0.230. The van der Waals surface area contributed by atoms with Crippen LogP contribution in [0.1, 0.15) is 59.3 Å². The Hall–Kier alpha value is -0.720. The predicted octanol–water partition coefficient (Wildman–Crippen LogP) is 4.84. The molecule has 0 aliphatic heterocycles. The lowest BCUT2D eigenvalue weighted by Gasteiger charge is -2.29. The smallest absolute Gasteiger partial charge is 0.0965 e. The van der Waals surface area contributed by atoms with Crippen molar-refractivity contribution in [1.82, 2.24) is 0 Å². The highest BCUT2D eigenvalue weighted by Crippen LogP contribution is 2.36. The molecule has 1 aliphatic carbocycles. The van der Waals surface area contributed by atoms with E-state index in [1.807, 2.05) is 0 Å². The van der Waals surface area contributed by atoms with Gasteiger partial charge in [-0.15, -0.1) is 0 Å². The molecule has 0 atom stereocenters. The van der Waals surface area contributed by atoms with E-state index >= 15 is 0 Å². The third-order valence-electron chi connectivity index (χ3n) is 2.97. The van der Waals surface area contributed by atoms with Crippen LogP contribution in [0.15, 0.2) is 24.0 Å². The number of unbranched alkanes of at least 4 members (excludes halogenated alkanes) is 3. The molecule has 16 heavy (non-hydrogen) atoms. The Bertz CT molecular complexity index is 261. The fourth-order valence-corrected chi connectivity index (χ4v) is 2.32. The summed E-state index contributed by atoms with van der Waals surface area (Å²) in [5.74, 6) is 1.14. The first-order valence-electron chi connectivity index (χ1n) is 6.55. The van der Waals surface area contributed by atoms with Gasteiger partial charge in [-0.1, -0.05) is 52.2 Å². The zero-order valence-electron chi connectivity index (χ0n) is 11.1. The molecule has 0 unspecified atom stereocenters. The summed E-state index contributed by atoms with van der Waals surface area (Å²) in [6.45, 7) is 11.7. The van der Waals surface area contributed by atoms with E-state index in [0.29, 0.717) is 0 Å². The molecular formula is C15H26O. The quantitative estimate of drug-likeness (QED) is 0.461. The zero-order chi connectivity index (χ0) is 12.0. The maximum absolute atomic E-state index is 5.84. The molecule has 0 saturated heterocycles. The molecule has 1 aliphatic rings. The monoisotopic (exact) mass is 222 g/mol. The number of hydrogen-bond donors (Lipinski definition) is 0. The molecule has 0 N–H and O–H groups in total. The Balaban J connectivity index is 2.30. The third-order valence-corrected chi connectivity index (χ3v) is 2.97. The van der Waals surface area contributed by atoms with Crippen molar-refractivity contribution in [1.29, 1.82) is 0 Å². The first-order chi connectivity index (χ1) is 7.53. The maximum Gasteiger partial charge on any atom is 0.0965 e. The molecule has 0 heterocycles. The van der Waals surface area contributed by atoms with Crippen molar-refractivity contribution in [3.8, 4) is 0 Å². The van der Waals surface area contributed by atoms with Crippen LogP contribution in [0.5, 0.6) is 0 Å². The van der Waals surface area contributed by atoms with Gasteiger partial charge in [-0.05, 0) is 24.3 Å². The van der Waals surface area contributed by atoms with Gasteiger partial charge in [-0.2, -0.15) is 0 Å². The van der Waals surface area contributed by atoms with Crippen LogP contribution in [-0.2, 0) is 4.74 Å². The second kappa shape index (κ2) is 6.12. The molecule has 0 radical (unpaired) electrons. The molecule has 0 spiro atoms. The molecule has 0 aromatic carbocycles. The predicted molar refractivity (Wildman–Crippen MR) is 70.3 cm³/mol. The van der Waals surface area contributed by atoms with Crippen LogP contribution in [-0.4, -0.2) is 6.61 Å². The van der Waals surface area contributed by atoms with Crippen molar-refractivity contribution in [2.75, 3.05) is 6.61 Å². The summed E-state index contributed by atoms with van der Waals surface area (Å²) < 4.78 is 5.84. The zero-order valence-corrected chi connectivity index (χ0v) is 11.1. The second-order valence-electron chi connectivity index (χ2n) is 5.61. The van der Waals surface area contributed by atoms with Gasteiger partial charge in [-0.25, -0.2) is 0 Å². The number of rotatable bonds is 6. The van der Waals surface area contributed by atoms with Gasteiger partial charge in [0.25, 0.3) is 0 Å². The molecule has 0 fully saturated rings. The Morgan fingerprint density at radius 1 is 1.31 bits per heavy atom. The van der Waals surface area contributed by atoms with Crippen LogP contribution in [0.25, 0.3) is 0 Å². The van der Waals surface area contributed by atoms with E-state index in [1.165, 1.54) is 31.3 Å². The molecular weight excluding hydrogens is 196 g/mol. The van der Waals surface area contributed by atoms with E-state index in [2.05, 4.69) is 33.4 Å². The van der Waals surface area contributed by atoms with Crippen LogP contribution in [0.2, 0.25) is 0 Å². The van der Waals surface area contributed by atoms with Crippen molar-refractivity contribution in [2.45, 2.75) is 59.3 Å².